The minimum atomic E-state index is -0.110. The van der Waals surface area contributed by atoms with E-state index < -0.39 is 0 Å². The molecule has 1 aromatic rings. The maximum absolute atomic E-state index is 9.49. The number of hydrogen-bond acceptors (Lipinski definition) is 2. The van der Waals surface area contributed by atoms with E-state index in [9.17, 15) is 5.11 Å². The van der Waals surface area contributed by atoms with Crippen molar-refractivity contribution in [1.82, 2.24) is 0 Å². The van der Waals surface area contributed by atoms with Crippen LogP contribution in [0.5, 0.6) is 0 Å². The van der Waals surface area contributed by atoms with Crippen LogP contribution in [-0.2, 0) is 11.2 Å². The maximum Gasteiger partial charge on any atom is 0.0622 e. The molecule has 0 heterocycles. The second kappa shape index (κ2) is 7.27. The zero-order chi connectivity index (χ0) is 13.6. The fourth-order valence-electron chi connectivity index (χ4n) is 1.89. The Hall–Kier alpha value is -0.380. The first kappa shape index (κ1) is 15.7. The molecule has 3 heteroatoms. The number of benzene rings is 1. The van der Waals surface area contributed by atoms with Crippen molar-refractivity contribution >= 4 is 15.9 Å². The van der Waals surface area contributed by atoms with E-state index in [2.05, 4.69) is 35.8 Å². The van der Waals surface area contributed by atoms with Gasteiger partial charge in [-0.25, -0.2) is 0 Å². The fourth-order valence-corrected chi connectivity index (χ4v) is 2.33. The molecule has 0 spiro atoms. The van der Waals surface area contributed by atoms with E-state index in [4.69, 9.17) is 4.74 Å². The minimum Gasteiger partial charge on any atom is -0.396 e. The highest BCUT2D eigenvalue weighted by atomic mass is 79.9. The van der Waals surface area contributed by atoms with Gasteiger partial charge in [0.25, 0.3) is 0 Å². The molecule has 1 unspecified atom stereocenters. The third-order valence-corrected chi connectivity index (χ3v) is 4.21. The SMILES string of the molecule is COC(C)(C)CCC(CO)Cc1ccccc1Br. The smallest absolute Gasteiger partial charge is 0.0622 e. The Bertz CT molecular complexity index is 363. The molecule has 0 aromatic heterocycles. The molecule has 102 valence electrons. The summed E-state index contributed by atoms with van der Waals surface area (Å²) in [7, 11) is 1.74. The van der Waals surface area contributed by atoms with E-state index in [1.165, 1.54) is 5.56 Å². The number of methoxy groups -OCH3 is 1. The molecule has 1 N–H and O–H groups in total. The second-order valence-corrected chi connectivity index (χ2v) is 6.20. The molecule has 0 saturated carbocycles. The van der Waals surface area contributed by atoms with E-state index in [1.54, 1.807) is 7.11 Å². The van der Waals surface area contributed by atoms with Gasteiger partial charge in [-0.05, 0) is 50.7 Å². The van der Waals surface area contributed by atoms with Gasteiger partial charge < -0.3 is 9.84 Å². The molecular weight excluding hydrogens is 292 g/mol. The van der Waals surface area contributed by atoms with Gasteiger partial charge in [-0.3, -0.25) is 0 Å². The molecule has 1 aromatic carbocycles. The van der Waals surface area contributed by atoms with Gasteiger partial charge in [-0.15, -0.1) is 0 Å². The van der Waals surface area contributed by atoms with Crippen molar-refractivity contribution in [3.8, 4) is 0 Å². The number of aliphatic hydroxyl groups is 1. The van der Waals surface area contributed by atoms with Crippen LogP contribution in [0, 0.1) is 5.92 Å². The van der Waals surface area contributed by atoms with Gasteiger partial charge in [0.05, 0.1) is 5.60 Å². The van der Waals surface area contributed by atoms with Crippen molar-refractivity contribution in [2.24, 2.45) is 5.92 Å². The molecule has 1 atom stereocenters. The molecule has 1 rings (SSSR count). The predicted octanol–water partition coefficient (Wildman–Crippen LogP) is 3.81. The summed E-state index contributed by atoms with van der Waals surface area (Å²) in [4.78, 5) is 0. The standard InChI is InChI=1S/C15H23BrO2/c1-15(2,18-3)9-8-12(11-17)10-13-6-4-5-7-14(13)16/h4-7,12,17H,8-11H2,1-3H3. The lowest BCUT2D eigenvalue weighted by atomic mass is 9.91. The third kappa shape index (κ3) is 5.09. The van der Waals surface area contributed by atoms with Crippen molar-refractivity contribution in [3.05, 3.63) is 34.3 Å². The lowest BCUT2D eigenvalue weighted by molar-refractivity contribution is 0.00826. The molecule has 0 aliphatic carbocycles. The topological polar surface area (TPSA) is 29.5 Å². The largest absolute Gasteiger partial charge is 0.396 e. The van der Waals surface area contributed by atoms with Crippen LogP contribution in [0.3, 0.4) is 0 Å². The zero-order valence-corrected chi connectivity index (χ0v) is 13.0. The van der Waals surface area contributed by atoms with Crippen LogP contribution < -0.4 is 0 Å². The maximum atomic E-state index is 9.49. The molecule has 2 nitrogen and oxygen atoms in total. The van der Waals surface area contributed by atoms with Crippen LogP contribution in [0.1, 0.15) is 32.3 Å². The van der Waals surface area contributed by atoms with E-state index in [-0.39, 0.29) is 18.1 Å². The Labute approximate surface area is 118 Å². The molecule has 0 amide bonds. The van der Waals surface area contributed by atoms with Crippen molar-refractivity contribution in [2.45, 2.75) is 38.7 Å². The summed E-state index contributed by atoms with van der Waals surface area (Å²) in [5.41, 5.74) is 1.15. The number of halogens is 1. The summed E-state index contributed by atoms with van der Waals surface area (Å²) >= 11 is 3.55. The highest BCUT2D eigenvalue weighted by Gasteiger charge is 2.19. The Morgan fingerprint density at radius 1 is 1.33 bits per heavy atom. The van der Waals surface area contributed by atoms with E-state index in [0.29, 0.717) is 0 Å². The highest BCUT2D eigenvalue weighted by Crippen LogP contribution is 2.24. The van der Waals surface area contributed by atoms with E-state index >= 15 is 0 Å². The van der Waals surface area contributed by atoms with Gasteiger partial charge in [0.1, 0.15) is 0 Å². The molecular formula is C15H23BrO2. The molecule has 0 saturated heterocycles. The zero-order valence-electron chi connectivity index (χ0n) is 11.4. The van der Waals surface area contributed by atoms with Crippen LogP contribution in [0.4, 0.5) is 0 Å². The van der Waals surface area contributed by atoms with Gasteiger partial charge in [0, 0.05) is 18.2 Å². The summed E-state index contributed by atoms with van der Waals surface area (Å²) < 4.78 is 6.54. The second-order valence-electron chi connectivity index (χ2n) is 5.35. The molecule has 0 aliphatic rings. The molecule has 18 heavy (non-hydrogen) atoms. The average Bonchev–Trinajstić information content (AvgIpc) is 2.36. The summed E-state index contributed by atoms with van der Waals surface area (Å²) in [5, 5.41) is 9.49. The average molecular weight is 315 g/mol. The lowest BCUT2D eigenvalue weighted by Crippen LogP contribution is -2.24. The first-order valence-corrected chi connectivity index (χ1v) is 7.17. The summed E-state index contributed by atoms with van der Waals surface area (Å²) in [5.74, 6) is 0.290. The number of aliphatic hydroxyl groups excluding tert-OH is 1. The van der Waals surface area contributed by atoms with Crippen LogP contribution in [0.2, 0.25) is 0 Å². The summed E-state index contributed by atoms with van der Waals surface area (Å²) in [6.45, 7) is 4.39. The number of rotatable bonds is 7. The molecule has 0 radical (unpaired) electrons. The Balaban J connectivity index is 2.55. The van der Waals surface area contributed by atoms with Crippen molar-refractivity contribution in [2.75, 3.05) is 13.7 Å². The van der Waals surface area contributed by atoms with Crippen LogP contribution in [-0.4, -0.2) is 24.4 Å². The Morgan fingerprint density at radius 3 is 2.56 bits per heavy atom. The Kier molecular flexibility index (Phi) is 6.33. The summed E-state index contributed by atoms with van der Waals surface area (Å²) in [6.07, 6.45) is 2.83. The van der Waals surface area contributed by atoms with Gasteiger partial charge in [0.2, 0.25) is 0 Å². The minimum absolute atomic E-state index is 0.110. The highest BCUT2D eigenvalue weighted by molar-refractivity contribution is 9.10. The van der Waals surface area contributed by atoms with Gasteiger partial charge in [0.15, 0.2) is 0 Å². The quantitative estimate of drug-likeness (QED) is 0.829. The molecule has 0 bridgehead atoms. The predicted molar refractivity (Wildman–Crippen MR) is 78.7 cm³/mol. The number of ether oxygens (including phenoxy) is 1. The van der Waals surface area contributed by atoms with Crippen molar-refractivity contribution in [1.29, 1.82) is 0 Å². The third-order valence-electron chi connectivity index (χ3n) is 3.43. The first-order valence-electron chi connectivity index (χ1n) is 6.38. The number of hydrogen-bond donors (Lipinski definition) is 1. The van der Waals surface area contributed by atoms with Gasteiger partial charge >= 0.3 is 0 Å². The monoisotopic (exact) mass is 314 g/mol. The van der Waals surface area contributed by atoms with Crippen molar-refractivity contribution < 1.29 is 9.84 Å². The van der Waals surface area contributed by atoms with E-state index in [0.717, 1.165) is 23.7 Å². The fraction of sp³-hybridized carbons (Fsp3) is 0.600. The first-order chi connectivity index (χ1) is 8.48. The van der Waals surface area contributed by atoms with E-state index in [1.807, 2.05) is 18.2 Å². The molecule has 0 fully saturated rings. The van der Waals surface area contributed by atoms with Crippen LogP contribution >= 0.6 is 15.9 Å². The lowest BCUT2D eigenvalue weighted by Gasteiger charge is -2.25. The van der Waals surface area contributed by atoms with Crippen LogP contribution in [0.25, 0.3) is 0 Å². The normalized spacial score (nSPS) is 13.6. The van der Waals surface area contributed by atoms with Gasteiger partial charge in [-0.1, -0.05) is 34.1 Å². The molecule has 0 aliphatic heterocycles. The van der Waals surface area contributed by atoms with Gasteiger partial charge in [-0.2, -0.15) is 0 Å². The van der Waals surface area contributed by atoms with Crippen LogP contribution in [0.15, 0.2) is 28.7 Å². The summed E-state index contributed by atoms with van der Waals surface area (Å²) in [6, 6.07) is 8.19. The Morgan fingerprint density at radius 2 is 2.00 bits per heavy atom. The van der Waals surface area contributed by atoms with Crippen molar-refractivity contribution in [3.63, 3.8) is 0 Å².